The van der Waals surface area contributed by atoms with Gasteiger partial charge in [0, 0.05) is 31.1 Å². The second-order valence-corrected chi connectivity index (χ2v) is 10.9. The Bertz CT molecular complexity index is 1650. The lowest BCUT2D eigenvalue weighted by molar-refractivity contribution is -0.122. The van der Waals surface area contributed by atoms with Crippen LogP contribution in [0.4, 0.5) is 4.39 Å². The number of halogens is 1. The van der Waals surface area contributed by atoms with Gasteiger partial charge in [-0.15, -0.1) is 0 Å². The van der Waals surface area contributed by atoms with Crippen LogP contribution >= 0.6 is 0 Å². The van der Waals surface area contributed by atoms with E-state index in [0.717, 1.165) is 34.2 Å². The number of fused-ring (bicyclic) bond motifs is 1. The number of carbonyl (C=O) groups is 3. The van der Waals surface area contributed by atoms with Gasteiger partial charge >= 0.3 is 5.97 Å². The predicted molar refractivity (Wildman–Crippen MR) is 157 cm³/mol. The molecule has 1 aliphatic heterocycles. The van der Waals surface area contributed by atoms with Crippen LogP contribution in [-0.4, -0.2) is 36.3 Å². The SMILES string of the molecule is COC(=O)c1cccc(-c2ccc(CNC(=O)[C@@H]3C[C@H]3c3ccccc3)c3c2CCN(C(=O)c2ccc(F)cc2)C3)c1. The normalized spacial score (nSPS) is 17.2. The molecule has 0 bridgehead atoms. The first-order valence-corrected chi connectivity index (χ1v) is 14.1. The summed E-state index contributed by atoms with van der Waals surface area (Å²) in [6.07, 6.45) is 1.43. The fraction of sp³-hybridized carbons (Fsp3) is 0.229. The van der Waals surface area contributed by atoms with E-state index in [2.05, 4.69) is 17.4 Å². The largest absolute Gasteiger partial charge is 0.465 e. The maximum Gasteiger partial charge on any atom is 0.337 e. The number of methoxy groups -OCH3 is 1. The molecule has 2 atom stereocenters. The van der Waals surface area contributed by atoms with Gasteiger partial charge in [0.1, 0.15) is 5.82 Å². The Morgan fingerprint density at radius 3 is 2.45 bits per heavy atom. The van der Waals surface area contributed by atoms with Crippen LogP contribution in [0.5, 0.6) is 0 Å². The van der Waals surface area contributed by atoms with Gasteiger partial charge in [0.05, 0.1) is 12.7 Å². The lowest BCUT2D eigenvalue weighted by Crippen LogP contribution is -2.37. The first-order chi connectivity index (χ1) is 20.4. The zero-order chi connectivity index (χ0) is 29.2. The van der Waals surface area contributed by atoms with Crippen LogP contribution in [0.3, 0.4) is 0 Å². The van der Waals surface area contributed by atoms with Crippen LogP contribution in [0, 0.1) is 11.7 Å². The van der Waals surface area contributed by atoms with Crippen molar-refractivity contribution in [1.29, 1.82) is 0 Å². The lowest BCUT2D eigenvalue weighted by atomic mass is 9.87. The molecule has 0 aromatic heterocycles. The molecule has 0 saturated heterocycles. The molecule has 212 valence electrons. The van der Waals surface area contributed by atoms with Crippen molar-refractivity contribution >= 4 is 17.8 Å². The van der Waals surface area contributed by atoms with Gasteiger partial charge < -0.3 is 15.0 Å². The van der Waals surface area contributed by atoms with Gasteiger partial charge in [-0.2, -0.15) is 0 Å². The fourth-order valence-electron chi connectivity index (χ4n) is 5.92. The molecule has 2 aliphatic rings. The molecule has 4 aromatic rings. The topological polar surface area (TPSA) is 75.7 Å². The summed E-state index contributed by atoms with van der Waals surface area (Å²) < 4.78 is 18.4. The molecular formula is C35H31FN2O4. The number of hydrogen-bond acceptors (Lipinski definition) is 4. The van der Waals surface area contributed by atoms with Crippen LogP contribution in [0.25, 0.3) is 11.1 Å². The molecule has 6 rings (SSSR count). The molecule has 2 amide bonds. The van der Waals surface area contributed by atoms with Gasteiger partial charge in [0.2, 0.25) is 5.91 Å². The summed E-state index contributed by atoms with van der Waals surface area (Å²) in [5, 5.41) is 3.14. The van der Waals surface area contributed by atoms with Crippen molar-refractivity contribution in [2.75, 3.05) is 13.7 Å². The van der Waals surface area contributed by atoms with E-state index in [-0.39, 0.29) is 23.7 Å². The van der Waals surface area contributed by atoms with Crippen LogP contribution in [0.2, 0.25) is 0 Å². The number of esters is 1. The van der Waals surface area contributed by atoms with E-state index in [1.807, 2.05) is 48.5 Å². The maximum absolute atomic E-state index is 13.5. The Morgan fingerprint density at radius 2 is 1.69 bits per heavy atom. The summed E-state index contributed by atoms with van der Waals surface area (Å²) in [6, 6.07) is 27.0. The van der Waals surface area contributed by atoms with Gasteiger partial charge in [-0.25, -0.2) is 9.18 Å². The number of benzene rings is 4. The van der Waals surface area contributed by atoms with Crippen molar-refractivity contribution in [3.05, 3.63) is 130 Å². The van der Waals surface area contributed by atoms with Gasteiger partial charge in [0.25, 0.3) is 5.91 Å². The Hall–Kier alpha value is -4.78. The van der Waals surface area contributed by atoms with Crippen molar-refractivity contribution < 1.29 is 23.5 Å². The average Bonchev–Trinajstić information content (AvgIpc) is 3.85. The van der Waals surface area contributed by atoms with Crippen molar-refractivity contribution in [2.45, 2.75) is 31.8 Å². The molecule has 1 N–H and O–H groups in total. The number of amides is 2. The zero-order valence-electron chi connectivity index (χ0n) is 23.3. The summed E-state index contributed by atoms with van der Waals surface area (Å²) in [4.78, 5) is 40.4. The predicted octanol–water partition coefficient (Wildman–Crippen LogP) is 5.90. The first-order valence-electron chi connectivity index (χ1n) is 14.1. The van der Waals surface area contributed by atoms with Crippen molar-refractivity contribution in [2.24, 2.45) is 5.92 Å². The molecule has 1 saturated carbocycles. The van der Waals surface area contributed by atoms with Gasteiger partial charge in [-0.3, -0.25) is 9.59 Å². The molecule has 4 aromatic carbocycles. The Labute approximate surface area is 244 Å². The molecule has 1 aliphatic carbocycles. The summed E-state index contributed by atoms with van der Waals surface area (Å²) >= 11 is 0. The molecular weight excluding hydrogens is 531 g/mol. The highest BCUT2D eigenvalue weighted by molar-refractivity contribution is 5.94. The molecule has 0 spiro atoms. The first kappa shape index (κ1) is 27.4. The Kier molecular flexibility index (Phi) is 7.57. The highest BCUT2D eigenvalue weighted by Gasteiger charge is 2.43. The van der Waals surface area contributed by atoms with Crippen LogP contribution < -0.4 is 5.32 Å². The number of nitrogens with one attached hydrogen (secondary N) is 1. The zero-order valence-corrected chi connectivity index (χ0v) is 23.3. The highest BCUT2D eigenvalue weighted by atomic mass is 19.1. The minimum absolute atomic E-state index is 0.0301. The van der Waals surface area contributed by atoms with Crippen molar-refractivity contribution in [3.8, 4) is 11.1 Å². The third-order valence-electron chi connectivity index (χ3n) is 8.29. The summed E-state index contributed by atoms with van der Waals surface area (Å²) in [5.74, 6) is -0.735. The van der Waals surface area contributed by atoms with Crippen LogP contribution in [-0.2, 0) is 29.0 Å². The monoisotopic (exact) mass is 562 g/mol. The number of rotatable bonds is 7. The molecule has 42 heavy (non-hydrogen) atoms. The van der Waals surface area contributed by atoms with E-state index in [0.29, 0.717) is 37.2 Å². The smallest absolute Gasteiger partial charge is 0.337 e. The summed E-state index contributed by atoms with van der Waals surface area (Å²) in [7, 11) is 1.36. The highest BCUT2D eigenvalue weighted by Crippen LogP contribution is 2.47. The molecule has 1 heterocycles. The van der Waals surface area contributed by atoms with E-state index in [1.165, 1.54) is 36.9 Å². The van der Waals surface area contributed by atoms with E-state index >= 15 is 0 Å². The van der Waals surface area contributed by atoms with Crippen LogP contribution in [0.15, 0.2) is 91.0 Å². The third-order valence-corrected chi connectivity index (χ3v) is 8.29. The number of hydrogen-bond donors (Lipinski definition) is 1. The molecule has 6 nitrogen and oxygen atoms in total. The quantitative estimate of drug-likeness (QED) is 0.285. The standard InChI is InChI=1S/C35H31FN2O4/c1-42-35(41)25-9-5-8-24(18-25)28-15-12-26(20-37-33(39)31-19-30(31)22-6-3-2-4-7-22)32-21-38(17-16-29(28)32)34(40)23-10-13-27(36)14-11-23/h2-15,18,30-31H,16-17,19-21H2,1H3,(H,37,39)/t30-,31+/m0/s1. The molecule has 0 unspecified atom stereocenters. The van der Waals surface area contributed by atoms with Crippen molar-refractivity contribution in [3.63, 3.8) is 0 Å². The van der Waals surface area contributed by atoms with E-state index in [1.54, 1.807) is 11.0 Å². The minimum Gasteiger partial charge on any atom is -0.465 e. The molecule has 1 fully saturated rings. The average molecular weight is 563 g/mol. The fourth-order valence-corrected chi connectivity index (χ4v) is 5.92. The minimum atomic E-state index is -0.407. The number of ether oxygens (including phenoxy) is 1. The third kappa shape index (κ3) is 5.55. The lowest BCUT2D eigenvalue weighted by Gasteiger charge is -2.32. The Balaban J connectivity index is 1.28. The van der Waals surface area contributed by atoms with Crippen molar-refractivity contribution in [1.82, 2.24) is 10.2 Å². The van der Waals surface area contributed by atoms with E-state index in [9.17, 15) is 18.8 Å². The molecule has 0 radical (unpaired) electrons. The summed E-state index contributed by atoms with van der Waals surface area (Å²) in [5.41, 5.74) is 6.94. The van der Waals surface area contributed by atoms with Crippen LogP contribution in [0.1, 0.15) is 55.3 Å². The molecule has 7 heteroatoms. The van der Waals surface area contributed by atoms with Gasteiger partial charge in [-0.1, -0.05) is 54.6 Å². The van der Waals surface area contributed by atoms with E-state index in [4.69, 9.17) is 4.74 Å². The second kappa shape index (κ2) is 11.6. The second-order valence-electron chi connectivity index (χ2n) is 10.9. The summed E-state index contributed by atoms with van der Waals surface area (Å²) in [6.45, 7) is 1.20. The Morgan fingerprint density at radius 1 is 0.905 bits per heavy atom. The van der Waals surface area contributed by atoms with Gasteiger partial charge in [0.15, 0.2) is 0 Å². The van der Waals surface area contributed by atoms with E-state index < -0.39 is 11.8 Å². The number of carbonyl (C=O) groups excluding carboxylic acids is 3. The maximum atomic E-state index is 13.5. The number of nitrogens with zero attached hydrogens (tertiary/aromatic N) is 1. The van der Waals surface area contributed by atoms with Gasteiger partial charge in [-0.05, 0) is 88.5 Å².